The van der Waals surface area contributed by atoms with Gasteiger partial charge < -0.3 is 25.1 Å². The van der Waals surface area contributed by atoms with Crippen LogP contribution in [-0.2, 0) is 4.79 Å². The second-order valence-corrected chi connectivity index (χ2v) is 10.1. The van der Waals surface area contributed by atoms with Gasteiger partial charge in [0.25, 0.3) is 0 Å². The van der Waals surface area contributed by atoms with Gasteiger partial charge in [0.2, 0.25) is 5.91 Å². The highest BCUT2D eigenvalue weighted by Gasteiger charge is 2.41. The summed E-state index contributed by atoms with van der Waals surface area (Å²) in [6.45, 7) is 0.361. The third kappa shape index (κ3) is 5.39. The van der Waals surface area contributed by atoms with Crippen molar-refractivity contribution in [1.82, 2.24) is 15.2 Å². The molecule has 1 aliphatic heterocycles. The Morgan fingerprint density at radius 2 is 1.73 bits per heavy atom. The van der Waals surface area contributed by atoms with Gasteiger partial charge in [-0.1, -0.05) is 54.6 Å². The number of thiocarbonyl (C=S) groups is 1. The third-order valence-electron chi connectivity index (χ3n) is 7.18. The Balaban J connectivity index is 1.25. The van der Waals surface area contributed by atoms with Gasteiger partial charge in [-0.15, -0.1) is 0 Å². The molecule has 3 N–H and O–H groups in total. The number of nitrogens with zero attached hydrogens (tertiary/aromatic N) is 2. The molecule has 2 atom stereocenters. The summed E-state index contributed by atoms with van der Waals surface area (Å²) in [7, 11) is 0. The molecule has 204 valence electrons. The van der Waals surface area contributed by atoms with Crippen LogP contribution in [-0.4, -0.2) is 38.5 Å². The van der Waals surface area contributed by atoms with Crippen LogP contribution in [0.5, 0.6) is 0 Å². The van der Waals surface area contributed by atoms with E-state index < -0.39 is 5.97 Å². The number of carboxylic acids is 1. The number of fused-ring (bicyclic) bond motifs is 1. The minimum atomic E-state index is -0.986. The van der Waals surface area contributed by atoms with Gasteiger partial charge >= 0.3 is 5.97 Å². The van der Waals surface area contributed by atoms with Gasteiger partial charge in [0.05, 0.1) is 17.3 Å². The molecule has 1 aliphatic rings. The molecule has 1 fully saturated rings. The van der Waals surface area contributed by atoms with E-state index in [-0.39, 0.29) is 30.0 Å². The van der Waals surface area contributed by atoms with Crippen LogP contribution in [0.15, 0.2) is 108 Å². The van der Waals surface area contributed by atoms with Crippen molar-refractivity contribution in [2.45, 2.75) is 18.5 Å². The van der Waals surface area contributed by atoms with E-state index in [1.165, 1.54) is 0 Å². The third-order valence-corrected chi connectivity index (χ3v) is 7.53. The Labute approximate surface area is 241 Å². The first-order chi connectivity index (χ1) is 20.0. The number of benzene rings is 3. The van der Waals surface area contributed by atoms with E-state index in [4.69, 9.17) is 16.6 Å². The lowest BCUT2D eigenvalue weighted by Gasteiger charge is -2.26. The fraction of sp³-hybridized carbons (Fsp3) is 0.125. The smallest absolute Gasteiger partial charge is 0.335 e. The molecule has 2 aromatic heterocycles. The van der Waals surface area contributed by atoms with Crippen molar-refractivity contribution < 1.29 is 19.1 Å². The molecule has 6 rings (SSSR count). The number of anilines is 1. The van der Waals surface area contributed by atoms with Crippen LogP contribution in [0.4, 0.5) is 5.69 Å². The van der Waals surface area contributed by atoms with Gasteiger partial charge in [-0.05, 0) is 60.1 Å². The lowest BCUT2D eigenvalue weighted by atomic mass is 10.0. The summed E-state index contributed by atoms with van der Waals surface area (Å²) in [5.74, 6) is 0.145. The molecule has 3 heterocycles. The van der Waals surface area contributed by atoms with Crippen LogP contribution in [0.2, 0.25) is 0 Å². The van der Waals surface area contributed by atoms with Crippen molar-refractivity contribution in [2.24, 2.45) is 0 Å². The maximum absolute atomic E-state index is 13.1. The minimum Gasteiger partial charge on any atom is -0.478 e. The number of rotatable bonds is 8. The molecule has 1 saturated heterocycles. The van der Waals surface area contributed by atoms with E-state index in [0.29, 0.717) is 23.2 Å². The standard InChI is InChI=1S/C32H26N4O4S/c37-28(34-24-10-5-7-20-6-1-2-8-23(20)24)17-19-36-30(29(35-32(36)41)25-9-3-4-18-33-25)27-16-15-26(40-27)21-11-13-22(14-12-21)31(38)39/h1-16,18,29-30H,17,19H2,(H,34,37)(H,35,41)(H,38,39)/t29-,30-/m1/s1. The molecule has 0 radical (unpaired) electrons. The van der Waals surface area contributed by atoms with E-state index in [1.54, 1.807) is 30.5 Å². The fourth-order valence-electron chi connectivity index (χ4n) is 5.17. The zero-order valence-electron chi connectivity index (χ0n) is 21.9. The van der Waals surface area contributed by atoms with Crippen molar-refractivity contribution in [3.63, 3.8) is 0 Å². The molecule has 0 bridgehead atoms. The number of carbonyl (C=O) groups excluding carboxylic acids is 1. The second-order valence-electron chi connectivity index (χ2n) is 9.73. The average molecular weight is 563 g/mol. The number of amides is 1. The summed E-state index contributed by atoms with van der Waals surface area (Å²) >= 11 is 5.74. The number of aromatic carboxylic acids is 1. The number of furan rings is 1. The highest BCUT2D eigenvalue weighted by Crippen LogP contribution is 2.40. The molecule has 8 nitrogen and oxygen atoms in total. The molecule has 3 aromatic carbocycles. The Kier molecular flexibility index (Phi) is 7.18. The number of aromatic nitrogens is 1. The highest BCUT2D eigenvalue weighted by molar-refractivity contribution is 7.80. The molecule has 9 heteroatoms. The lowest BCUT2D eigenvalue weighted by molar-refractivity contribution is -0.116. The molecule has 1 amide bonds. The fourth-order valence-corrected chi connectivity index (χ4v) is 5.50. The van der Waals surface area contributed by atoms with Gasteiger partial charge in [0.15, 0.2) is 5.11 Å². The van der Waals surface area contributed by atoms with E-state index in [0.717, 1.165) is 27.7 Å². The number of hydrogen-bond acceptors (Lipinski definition) is 5. The summed E-state index contributed by atoms with van der Waals surface area (Å²) in [5.41, 5.74) is 2.52. The van der Waals surface area contributed by atoms with Crippen LogP contribution in [0, 0.1) is 0 Å². The average Bonchev–Trinajstić information content (AvgIpc) is 3.61. The lowest BCUT2D eigenvalue weighted by Crippen LogP contribution is -2.32. The molecule has 0 saturated carbocycles. The molecular formula is C32H26N4O4S. The molecule has 0 spiro atoms. The van der Waals surface area contributed by atoms with Gasteiger partial charge in [-0.2, -0.15) is 0 Å². The minimum absolute atomic E-state index is 0.122. The number of pyridine rings is 1. The van der Waals surface area contributed by atoms with Crippen LogP contribution in [0.1, 0.15) is 40.3 Å². The zero-order valence-corrected chi connectivity index (χ0v) is 22.7. The normalized spacial score (nSPS) is 16.5. The molecular weight excluding hydrogens is 536 g/mol. The first-order valence-electron chi connectivity index (χ1n) is 13.2. The monoisotopic (exact) mass is 562 g/mol. The Hall–Kier alpha value is -5.02. The van der Waals surface area contributed by atoms with Gasteiger partial charge in [0, 0.05) is 35.8 Å². The SMILES string of the molecule is O=C(CCN1C(=S)N[C@H](c2ccccn2)[C@H]1c1ccc(-c2ccc(C(=O)O)cc2)o1)Nc1cccc2ccccc12. The van der Waals surface area contributed by atoms with E-state index in [1.807, 2.05) is 77.7 Å². The molecule has 0 unspecified atom stereocenters. The number of carbonyl (C=O) groups is 2. The van der Waals surface area contributed by atoms with Crippen molar-refractivity contribution in [3.8, 4) is 11.3 Å². The summed E-state index contributed by atoms with van der Waals surface area (Å²) in [4.78, 5) is 30.9. The molecule has 5 aromatic rings. The predicted molar refractivity (Wildman–Crippen MR) is 160 cm³/mol. The first kappa shape index (κ1) is 26.2. The van der Waals surface area contributed by atoms with Gasteiger partial charge in [0.1, 0.15) is 17.6 Å². The Morgan fingerprint density at radius 1 is 0.951 bits per heavy atom. The van der Waals surface area contributed by atoms with Crippen LogP contribution >= 0.6 is 12.2 Å². The second kappa shape index (κ2) is 11.2. The van der Waals surface area contributed by atoms with Crippen LogP contribution in [0.3, 0.4) is 0 Å². The quantitative estimate of drug-likeness (QED) is 0.192. The van der Waals surface area contributed by atoms with Crippen LogP contribution in [0.25, 0.3) is 22.1 Å². The Morgan fingerprint density at radius 3 is 2.51 bits per heavy atom. The summed E-state index contributed by atoms with van der Waals surface area (Å²) in [5, 5.41) is 18.2. The summed E-state index contributed by atoms with van der Waals surface area (Å²) in [6.07, 6.45) is 1.94. The Bertz CT molecular complexity index is 1730. The summed E-state index contributed by atoms with van der Waals surface area (Å²) in [6, 6.07) is 29.1. The highest BCUT2D eigenvalue weighted by atomic mass is 32.1. The zero-order chi connectivity index (χ0) is 28.3. The predicted octanol–water partition coefficient (Wildman–Crippen LogP) is 6.19. The van der Waals surface area contributed by atoms with Crippen LogP contribution < -0.4 is 10.6 Å². The first-order valence-corrected chi connectivity index (χ1v) is 13.6. The van der Waals surface area contributed by atoms with Crippen molar-refractivity contribution in [3.05, 3.63) is 120 Å². The van der Waals surface area contributed by atoms with E-state index in [2.05, 4.69) is 15.6 Å². The summed E-state index contributed by atoms with van der Waals surface area (Å²) < 4.78 is 6.32. The van der Waals surface area contributed by atoms with Crippen molar-refractivity contribution >= 4 is 45.7 Å². The number of nitrogens with one attached hydrogen (secondary N) is 2. The number of hydrogen-bond donors (Lipinski definition) is 3. The largest absolute Gasteiger partial charge is 0.478 e. The topological polar surface area (TPSA) is 108 Å². The molecule has 0 aliphatic carbocycles. The van der Waals surface area contributed by atoms with Gasteiger partial charge in [-0.3, -0.25) is 9.78 Å². The van der Waals surface area contributed by atoms with E-state index >= 15 is 0 Å². The van der Waals surface area contributed by atoms with Gasteiger partial charge in [-0.25, -0.2) is 4.79 Å². The maximum atomic E-state index is 13.1. The molecule has 41 heavy (non-hydrogen) atoms. The van der Waals surface area contributed by atoms with E-state index in [9.17, 15) is 14.7 Å². The van der Waals surface area contributed by atoms with Crippen molar-refractivity contribution in [1.29, 1.82) is 0 Å². The van der Waals surface area contributed by atoms with Crippen molar-refractivity contribution in [2.75, 3.05) is 11.9 Å². The maximum Gasteiger partial charge on any atom is 0.335 e. The number of carboxylic acid groups (broad SMARTS) is 1.